The van der Waals surface area contributed by atoms with Gasteiger partial charge in [0, 0.05) is 0 Å². The van der Waals surface area contributed by atoms with Crippen LogP contribution in [-0.2, 0) is 19.1 Å². The Morgan fingerprint density at radius 1 is 1.17 bits per heavy atom. The molecule has 0 aliphatic heterocycles. The number of carbonyl (C=O) groups excluding carboxylic acids is 2. The second-order valence-corrected chi connectivity index (χ2v) is 4.29. The van der Waals surface area contributed by atoms with Crippen LogP contribution in [0.25, 0.3) is 0 Å². The van der Waals surface area contributed by atoms with Crippen LogP contribution in [-0.4, -0.2) is 18.5 Å². The maximum Gasteiger partial charge on any atom is 0.313 e. The lowest BCUT2D eigenvalue weighted by Gasteiger charge is -2.18. The van der Waals surface area contributed by atoms with Crippen LogP contribution in [0.2, 0.25) is 0 Å². The molecule has 2 atom stereocenters. The summed E-state index contributed by atoms with van der Waals surface area (Å²) in [5, 5.41) is 0. The van der Waals surface area contributed by atoms with Gasteiger partial charge in [0.2, 0.25) is 0 Å². The van der Waals surface area contributed by atoms with Crippen molar-refractivity contribution in [2.75, 3.05) is 0 Å². The molecule has 0 fully saturated rings. The molecule has 0 saturated carbocycles. The Morgan fingerprint density at radius 3 is 2.17 bits per heavy atom. The zero-order chi connectivity index (χ0) is 14.3. The zero-order valence-corrected chi connectivity index (χ0v) is 11.9. The van der Waals surface area contributed by atoms with Crippen molar-refractivity contribution in [3.8, 4) is 0 Å². The van der Waals surface area contributed by atoms with Gasteiger partial charge in [-0.05, 0) is 52.7 Å². The van der Waals surface area contributed by atoms with E-state index >= 15 is 0 Å². The first-order valence-electron chi connectivity index (χ1n) is 5.96. The van der Waals surface area contributed by atoms with Crippen LogP contribution in [0.3, 0.4) is 0 Å². The van der Waals surface area contributed by atoms with E-state index in [1.54, 1.807) is 20.8 Å². The molecule has 0 aromatic carbocycles. The van der Waals surface area contributed by atoms with Gasteiger partial charge in [0.1, 0.15) is 11.9 Å². The summed E-state index contributed by atoms with van der Waals surface area (Å²) in [6.45, 7) is 11.1. The van der Waals surface area contributed by atoms with Crippen molar-refractivity contribution in [1.82, 2.24) is 0 Å². The molecule has 0 spiro atoms. The third-order valence-electron chi connectivity index (χ3n) is 3.17. The maximum atomic E-state index is 11.9. The van der Waals surface area contributed by atoms with Gasteiger partial charge < -0.3 is 9.47 Å². The molecule has 0 bridgehead atoms. The van der Waals surface area contributed by atoms with Crippen molar-refractivity contribution in [3.05, 3.63) is 23.0 Å². The van der Waals surface area contributed by atoms with E-state index in [2.05, 4.69) is 0 Å². The summed E-state index contributed by atoms with van der Waals surface area (Å²) in [5.41, 5.74) is 1.69. The van der Waals surface area contributed by atoms with Gasteiger partial charge >= 0.3 is 5.97 Å². The molecular weight excluding hydrogens is 232 g/mol. The molecule has 0 amide bonds. The molecule has 0 aromatic heterocycles. The molecule has 0 rings (SSSR count). The van der Waals surface area contributed by atoms with Gasteiger partial charge in [0.05, 0.1) is 5.92 Å². The van der Waals surface area contributed by atoms with Crippen molar-refractivity contribution in [3.63, 3.8) is 0 Å². The van der Waals surface area contributed by atoms with E-state index in [0.717, 1.165) is 5.57 Å². The molecule has 4 heteroatoms. The Hall–Kier alpha value is -1.58. The minimum Gasteiger partial charge on any atom is -0.458 e. The average Bonchev–Trinajstić information content (AvgIpc) is 2.35. The molecule has 0 aromatic rings. The van der Waals surface area contributed by atoms with E-state index in [0.29, 0.717) is 17.8 Å². The monoisotopic (exact) mass is 254 g/mol. The summed E-state index contributed by atoms with van der Waals surface area (Å²) in [7, 11) is 0. The smallest absolute Gasteiger partial charge is 0.313 e. The fraction of sp³-hybridized carbons (Fsp3) is 0.571. The molecule has 2 unspecified atom stereocenters. The van der Waals surface area contributed by atoms with Crippen LogP contribution < -0.4 is 0 Å². The van der Waals surface area contributed by atoms with Gasteiger partial charge in [0.15, 0.2) is 0 Å². The van der Waals surface area contributed by atoms with Gasteiger partial charge in [-0.3, -0.25) is 9.59 Å². The second-order valence-electron chi connectivity index (χ2n) is 4.29. The normalized spacial score (nSPS) is 16.4. The number of allylic oxidation sites excluding steroid dienone is 2. The molecule has 0 heterocycles. The Balaban J connectivity index is 4.71. The molecular formula is C14H22O4. The highest BCUT2D eigenvalue weighted by Crippen LogP contribution is 2.18. The third kappa shape index (κ3) is 4.73. The third-order valence-corrected chi connectivity index (χ3v) is 3.17. The SMILES string of the molecule is CC=C(C)C(C)OC(=O)C(C)C(C)=C(C)OC=O. The van der Waals surface area contributed by atoms with E-state index in [1.165, 1.54) is 0 Å². The standard InChI is InChI=1S/C14H22O4/c1-7-9(2)12(5)18-14(16)11(4)10(3)13(6)17-8-15/h7-8,11-12H,1-6H3. The predicted octanol–water partition coefficient (Wildman–Crippen LogP) is 2.99. The lowest BCUT2D eigenvalue weighted by Crippen LogP contribution is -2.23. The number of hydrogen-bond acceptors (Lipinski definition) is 4. The number of ether oxygens (including phenoxy) is 2. The van der Waals surface area contributed by atoms with Crippen LogP contribution in [0.15, 0.2) is 23.0 Å². The Labute approximate surface area is 109 Å². The average molecular weight is 254 g/mol. The summed E-state index contributed by atoms with van der Waals surface area (Å²) in [6, 6.07) is 0. The molecule has 0 aliphatic rings. The lowest BCUT2D eigenvalue weighted by atomic mass is 10.0. The zero-order valence-electron chi connectivity index (χ0n) is 11.9. The Bertz CT molecular complexity index is 366. The first-order chi connectivity index (χ1) is 8.34. The molecule has 4 nitrogen and oxygen atoms in total. The maximum absolute atomic E-state index is 11.9. The van der Waals surface area contributed by atoms with Crippen LogP contribution in [0, 0.1) is 5.92 Å². The van der Waals surface area contributed by atoms with Crippen LogP contribution in [0.4, 0.5) is 0 Å². The molecule has 0 N–H and O–H groups in total. The predicted molar refractivity (Wildman–Crippen MR) is 69.7 cm³/mol. The summed E-state index contributed by atoms with van der Waals surface area (Å²) < 4.78 is 10.1. The highest BCUT2D eigenvalue weighted by molar-refractivity contribution is 5.75. The summed E-state index contributed by atoms with van der Waals surface area (Å²) >= 11 is 0. The highest BCUT2D eigenvalue weighted by atomic mass is 16.5. The summed E-state index contributed by atoms with van der Waals surface area (Å²) in [5.74, 6) is -0.322. The van der Waals surface area contributed by atoms with Crippen LogP contribution >= 0.6 is 0 Å². The van der Waals surface area contributed by atoms with Gasteiger partial charge in [-0.25, -0.2) is 0 Å². The fourth-order valence-corrected chi connectivity index (χ4v) is 1.25. The van der Waals surface area contributed by atoms with E-state index in [9.17, 15) is 9.59 Å². The van der Waals surface area contributed by atoms with Gasteiger partial charge in [-0.15, -0.1) is 0 Å². The van der Waals surface area contributed by atoms with Gasteiger partial charge in [-0.1, -0.05) is 6.08 Å². The van der Waals surface area contributed by atoms with E-state index in [-0.39, 0.29) is 12.1 Å². The number of hydrogen-bond donors (Lipinski definition) is 0. The Morgan fingerprint density at radius 2 is 1.72 bits per heavy atom. The molecule has 0 radical (unpaired) electrons. The molecule has 0 aliphatic carbocycles. The first-order valence-corrected chi connectivity index (χ1v) is 5.96. The van der Waals surface area contributed by atoms with E-state index in [4.69, 9.17) is 9.47 Å². The minimum absolute atomic E-state index is 0.245. The molecule has 102 valence electrons. The topological polar surface area (TPSA) is 52.6 Å². The van der Waals surface area contributed by atoms with Gasteiger partial charge in [-0.2, -0.15) is 0 Å². The van der Waals surface area contributed by atoms with Crippen molar-refractivity contribution in [2.45, 2.75) is 47.6 Å². The first kappa shape index (κ1) is 16.4. The van der Waals surface area contributed by atoms with Crippen LogP contribution in [0.5, 0.6) is 0 Å². The van der Waals surface area contributed by atoms with Crippen molar-refractivity contribution < 1.29 is 19.1 Å². The second kappa shape index (κ2) is 7.69. The van der Waals surface area contributed by atoms with Crippen molar-refractivity contribution in [2.24, 2.45) is 5.92 Å². The highest BCUT2D eigenvalue weighted by Gasteiger charge is 2.21. The largest absolute Gasteiger partial charge is 0.458 e. The Kier molecular flexibility index (Phi) is 7.01. The summed E-state index contributed by atoms with van der Waals surface area (Å²) in [4.78, 5) is 22.1. The van der Waals surface area contributed by atoms with Gasteiger partial charge in [0.25, 0.3) is 6.47 Å². The number of esters is 1. The lowest BCUT2D eigenvalue weighted by molar-refractivity contribution is -0.149. The number of carbonyl (C=O) groups is 2. The van der Waals surface area contributed by atoms with E-state index < -0.39 is 5.92 Å². The fourth-order valence-electron chi connectivity index (χ4n) is 1.25. The minimum atomic E-state index is -0.433. The summed E-state index contributed by atoms with van der Waals surface area (Å²) in [6.07, 6.45) is 1.66. The van der Waals surface area contributed by atoms with Crippen molar-refractivity contribution >= 4 is 12.4 Å². The van der Waals surface area contributed by atoms with Crippen molar-refractivity contribution in [1.29, 1.82) is 0 Å². The quantitative estimate of drug-likeness (QED) is 0.316. The van der Waals surface area contributed by atoms with Crippen LogP contribution in [0.1, 0.15) is 41.5 Å². The molecule has 18 heavy (non-hydrogen) atoms. The van der Waals surface area contributed by atoms with E-state index in [1.807, 2.05) is 26.8 Å². The number of rotatable bonds is 6. The molecule has 0 saturated heterocycles.